The fraction of sp³-hybridized carbons (Fsp3) is 0.250. The van der Waals surface area contributed by atoms with Crippen molar-refractivity contribution in [3.05, 3.63) is 63.9 Å². The number of benzene rings is 2. The predicted molar refractivity (Wildman–Crippen MR) is 83.8 cm³/mol. The van der Waals surface area contributed by atoms with Crippen LogP contribution in [0.1, 0.15) is 23.1 Å². The molecule has 2 unspecified atom stereocenters. The van der Waals surface area contributed by atoms with Gasteiger partial charge in [0.15, 0.2) is 0 Å². The van der Waals surface area contributed by atoms with Crippen molar-refractivity contribution in [3.8, 4) is 5.75 Å². The fourth-order valence-corrected chi connectivity index (χ4v) is 2.61. The summed E-state index contributed by atoms with van der Waals surface area (Å²) in [7, 11) is 1.45. The molecule has 0 aliphatic carbocycles. The lowest BCUT2D eigenvalue weighted by atomic mass is 9.88. The van der Waals surface area contributed by atoms with Crippen molar-refractivity contribution < 1.29 is 14.2 Å². The first-order chi connectivity index (χ1) is 10.1. The number of hydrogen-bond donors (Lipinski definition) is 2. The molecule has 0 saturated carbocycles. The lowest BCUT2D eigenvalue weighted by molar-refractivity contribution is 0.139. The van der Waals surface area contributed by atoms with E-state index < -0.39 is 17.8 Å². The minimum absolute atomic E-state index is 0.137. The highest BCUT2D eigenvalue weighted by atomic mass is 79.9. The third-order valence-electron chi connectivity index (χ3n) is 3.46. The van der Waals surface area contributed by atoms with Crippen molar-refractivity contribution >= 4 is 15.9 Å². The van der Waals surface area contributed by atoms with Gasteiger partial charge in [0.25, 0.3) is 0 Å². The van der Waals surface area contributed by atoms with Gasteiger partial charge in [0.1, 0.15) is 11.6 Å². The number of aliphatic hydroxyl groups excluding tert-OH is 1. The summed E-state index contributed by atoms with van der Waals surface area (Å²) >= 11 is 3.36. The number of rotatable bonds is 5. The minimum Gasteiger partial charge on any atom is -0.496 e. The SMILES string of the molecule is COc1cccc(F)c1C(O)C(CN)c1ccc(Br)cc1. The number of nitrogens with two attached hydrogens (primary N) is 1. The predicted octanol–water partition coefficient (Wildman–Crippen LogP) is 3.37. The number of ether oxygens (including phenoxy) is 1. The van der Waals surface area contributed by atoms with Crippen molar-refractivity contribution in [2.75, 3.05) is 13.7 Å². The van der Waals surface area contributed by atoms with Gasteiger partial charge < -0.3 is 15.6 Å². The van der Waals surface area contributed by atoms with Gasteiger partial charge in [0, 0.05) is 16.9 Å². The molecule has 112 valence electrons. The van der Waals surface area contributed by atoms with E-state index in [4.69, 9.17) is 10.5 Å². The van der Waals surface area contributed by atoms with Gasteiger partial charge >= 0.3 is 0 Å². The third-order valence-corrected chi connectivity index (χ3v) is 3.99. The molecule has 0 saturated heterocycles. The van der Waals surface area contributed by atoms with Crippen molar-refractivity contribution in [2.24, 2.45) is 5.73 Å². The highest BCUT2D eigenvalue weighted by molar-refractivity contribution is 9.10. The van der Waals surface area contributed by atoms with Gasteiger partial charge in [-0.25, -0.2) is 4.39 Å². The van der Waals surface area contributed by atoms with Crippen molar-refractivity contribution in [2.45, 2.75) is 12.0 Å². The first-order valence-electron chi connectivity index (χ1n) is 6.54. The number of hydrogen-bond acceptors (Lipinski definition) is 3. The second-order valence-electron chi connectivity index (χ2n) is 4.69. The highest BCUT2D eigenvalue weighted by Crippen LogP contribution is 2.37. The smallest absolute Gasteiger partial charge is 0.132 e. The van der Waals surface area contributed by atoms with Gasteiger partial charge in [0.2, 0.25) is 0 Å². The molecule has 3 nitrogen and oxygen atoms in total. The Morgan fingerprint density at radius 3 is 2.48 bits per heavy atom. The summed E-state index contributed by atoms with van der Waals surface area (Å²) in [6, 6.07) is 11.9. The molecule has 0 fully saturated rings. The van der Waals surface area contributed by atoms with E-state index in [0.717, 1.165) is 10.0 Å². The van der Waals surface area contributed by atoms with Crippen LogP contribution in [0.4, 0.5) is 4.39 Å². The third kappa shape index (κ3) is 3.43. The maximum Gasteiger partial charge on any atom is 0.132 e. The average Bonchev–Trinajstić information content (AvgIpc) is 2.49. The van der Waals surface area contributed by atoms with Crippen molar-refractivity contribution in [1.29, 1.82) is 0 Å². The number of aliphatic hydroxyl groups is 1. The van der Waals surface area contributed by atoms with E-state index in [9.17, 15) is 9.50 Å². The quantitative estimate of drug-likeness (QED) is 0.866. The molecule has 0 amide bonds. The molecule has 0 radical (unpaired) electrons. The molecule has 2 aromatic rings. The van der Waals surface area contributed by atoms with Gasteiger partial charge in [-0.3, -0.25) is 0 Å². The van der Waals surface area contributed by atoms with Gasteiger partial charge in [0.05, 0.1) is 18.8 Å². The summed E-state index contributed by atoms with van der Waals surface area (Å²) in [6.45, 7) is 0.195. The number of halogens is 2. The van der Waals surface area contributed by atoms with Crippen LogP contribution in [0.5, 0.6) is 5.75 Å². The van der Waals surface area contributed by atoms with E-state index in [2.05, 4.69) is 15.9 Å². The van der Waals surface area contributed by atoms with E-state index in [1.54, 1.807) is 12.1 Å². The van der Waals surface area contributed by atoms with Gasteiger partial charge in [-0.1, -0.05) is 34.1 Å². The normalized spacial score (nSPS) is 13.8. The van der Waals surface area contributed by atoms with E-state index in [0.29, 0.717) is 5.75 Å². The molecule has 3 N–H and O–H groups in total. The Balaban J connectivity index is 2.41. The Hall–Kier alpha value is -1.43. The molecule has 0 bridgehead atoms. The molecule has 0 aliphatic heterocycles. The monoisotopic (exact) mass is 353 g/mol. The largest absolute Gasteiger partial charge is 0.496 e. The van der Waals surface area contributed by atoms with E-state index in [1.807, 2.05) is 24.3 Å². The zero-order valence-electron chi connectivity index (χ0n) is 11.6. The summed E-state index contributed by atoms with van der Waals surface area (Å²) < 4.78 is 20.2. The summed E-state index contributed by atoms with van der Waals surface area (Å²) in [5, 5.41) is 10.6. The van der Waals surface area contributed by atoms with Gasteiger partial charge in [-0.2, -0.15) is 0 Å². The maximum absolute atomic E-state index is 14.1. The molecule has 2 aromatic carbocycles. The standard InChI is InChI=1S/C16H17BrFNO2/c1-21-14-4-2-3-13(18)15(14)16(20)12(9-19)10-5-7-11(17)8-6-10/h2-8,12,16,20H,9,19H2,1H3. The van der Waals surface area contributed by atoms with Crippen molar-refractivity contribution in [1.82, 2.24) is 0 Å². The van der Waals surface area contributed by atoms with Crippen LogP contribution in [0, 0.1) is 5.82 Å². The van der Waals surface area contributed by atoms with E-state index in [1.165, 1.54) is 13.2 Å². The Bertz CT molecular complexity index is 604. The Labute approximate surface area is 131 Å². The summed E-state index contributed by atoms with van der Waals surface area (Å²) in [4.78, 5) is 0. The summed E-state index contributed by atoms with van der Waals surface area (Å²) in [5.41, 5.74) is 6.77. The van der Waals surface area contributed by atoms with Crippen LogP contribution in [0.25, 0.3) is 0 Å². The lowest BCUT2D eigenvalue weighted by Gasteiger charge is -2.24. The molecular weight excluding hydrogens is 337 g/mol. The van der Waals surface area contributed by atoms with Gasteiger partial charge in [-0.15, -0.1) is 0 Å². The number of methoxy groups -OCH3 is 1. The van der Waals surface area contributed by atoms with Crippen molar-refractivity contribution in [3.63, 3.8) is 0 Å². The molecule has 0 aromatic heterocycles. The zero-order chi connectivity index (χ0) is 15.4. The average molecular weight is 354 g/mol. The van der Waals surface area contributed by atoms with Crippen LogP contribution in [0.3, 0.4) is 0 Å². The molecule has 0 aliphatic rings. The molecule has 5 heteroatoms. The Kier molecular flexibility index (Phi) is 5.33. The zero-order valence-corrected chi connectivity index (χ0v) is 13.2. The van der Waals surface area contributed by atoms with Crippen LogP contribution in [-0.2, 0) is 0 Å². The highest BCUT2D eigenvalue weighted by Gasteiger charge is 2.27. The molecular formula is C16H17BrFNO2. The first-order valence-corrected chi connectivity index (χ1v) is 7.33. The van der Waals surface area contributed by atoms with Gasteiger partial charge in [-0.05, 0) is 29.8 Å². The second-order valence-corrected chi connectivity index (χ2v) is 5.61. The maximum atomic E-state index is 14.1. The first kappa shape index (κ1) is 15.9. The summed E-state index contributed by atoms with van der Waals surface area (Å²) in [6.07, 6.45) is -1.08. The Morgan fingerprint density at radius 2 is 1.90 bits per heavy atom. The van der Waals surface area contributed by atoms with Crippen LogP contribution < -0.4 is 10.5 Å². The molecule has 2 rings (SSSR count). The lowest BCUT2D eigenvalue weighted by Crippen LogP contribution is -2.21. The van der Waals surface area contributed by atoms with E-state index in [-0.39, 0.29) is 12.1 Å². The van der Waals surface area contributed by atoms with Crippen LogP contribution in [0.15, 0.2) is 46.9 Å². The second kappa shape index (κ2) is 7.02. The van der Waals surface area contributed by atoms with Crippen LogP contribution in [-0.4, -0.2) is 18.8 Å². The van der Waals surface area contributed by atoms with E-state index >= 15 is 0 Å². The minimum atomic E-state index is -1.08. The molecule has 21 heavy (non-hydrogen) atoms. The van der Waals surface area contributed by atoms with Crippen LogP contribution in [0.2, 0.25) is 0 Å². The molecule has 0 heterocycles. The summed E-state index contributed by atoms with van der Waals surface area (Å²) in [5.74, 6) is -0.598. The topological polar surface area (TPSA) is 55.5 Å². The van der Waals surface area contributed by atoms with Crippen LogP contribution >= 0.6 is 15.9 Å². The fourth-order valence-electron chi connectivity index (χ4n) is 2.34. The molecule has 2 atom stereocenters. The Morgan fingerprint density at radius 1 is 1.24 bits per heavy atom. The molecule has 0 spiro atoms.